The predicted octanol–water partition coefficient (Wildman–Crippen LogP) is 2.92. The molecule has 0 aromatic heterocycles. The zero-order valence-corrected chi connectivity index (χ0v) is 12.4. The predicted molar refractivity (Wildman–Crippen MR) is 81.2 cm³/mol. The van der Waals surface area contributed by atoms with Gasteiger partial charge in [0, 0.05) is 42.7 Å². The number of hydrogen-bond acceptors (Lipinski definition) is 3. The number of halogens is 1. The summed E-state index contributed by atoms with van der Waals surface area (Å²) in [5, 5.41) is 3.41. The van der Waals surface area contributed by atoms with Crippen molar-refractivity contribution in [2.75, 3.05) is 37.7 Å². The van der Waals surface area contributed by atoms with Gasteiger partial charge in [-0.3, -0.25) is 0 Å². The Morgan fingerprint density at radius 2 is 2.05 bits per heavy atom. The van der Waals surface area contributed by atoms with Crippen LogP contribution in [0.4, 0.5) is 4.39 Å². The first-order valence-corrected chi connectivity index (χ1v) is 8.24. The first-order chi connectivity index (χ1) is 9.31. The van der Waals surface area contributed by atoms with Crippen LogP contribution in [0.15, 0.2) is 24.3 Å². The lowest BCUT2D eigenvalue weighted by molar-refractivity contribution is 0.280. The average Bonchev–Trinajstić information content (AvgIpc) is 2.45. The Morgan fingerprint density at radius 1 is 1.32 bits per heavy atom. The standard InChI is InChI=1S/C15H23FN2S/c1-2-17-15(13-5-3-4-6-14(13)16)7-8-18-9-11-19-12-10-18/h3-6,15,17H,2,7-12H2,1H3. The summed E-state index contributed by atoms with van der Waals surface area (Å²) < 4.78 is 13.9. The summed E-state index contributed by atoms with van der Waals surface area (Å²) in [6, 6.07) is 7.25. The van der Waals surface area contributed by atoms with Gasteiger partial charge in [-0.25, -0.2) is 4.39 Å². The fourth-order valence-electron chi connectivity index (χ4n) is 2.51. The van der Waals surface area contributed by atoms with Crippen molar-refractivity contribution in [3.63, 3.8) is 0 Å². The van der Waals surface area contributed by atoms with E-state index in [9.17, 15) is 4.39 Å². The molecule has 0 radical (unpaired) electrons. The van der Waals surface area contributed by atoms with Crippen molar-refractivity contribution in [3.05, 3.63) is 35.6 Å². The maximum Gasteiger partial charge on any atom is 0.127 e. The maximum atomic E-state index is 13.9. The van der Waals surface area contributed by atoms with E-state index < -0.39 is 0 Å². The van der Waals surface area contributed by atoms with Gasteiger partial charge in [0.25, 0.3) is 0 Å². The molecule has 1 aliphatic heterocycles. The monoisotopic (exact) mass is 282 g/mol. The molecule has 2 nitrogen and oxygen atoms in total. The molecule has 1 atom stereocenters. The Kier molecular flexibility index (Phi) is 6.14. The van der Waals surface area contributed by atoms with Gasteiger partial charge >= 0.3 is 0 Å². The van der Waals surface area contributed by atoms with Crippen molar-refractivity contribution in [2.24, 2.45) is 0 Å². The smallest absolute Gasteiger partial charge is 0.127 e. The molecule has 1 N–H and O–H groups in total. The second-order valence-electron chi connectivity index (χ2n) is 4.87. The Bertz CT molecular complexity index is 380. The van der Waals surface area contributed by atoms with Crippen molar-refractivity contribution < 1.29 is 4.39 Å². The minimum absolute atomic E-state index is 0.0948. The van der Waals surface area contributed by atoms with E-state index in [0.29, 0.717) is 0 Å². The summed E-state index contributed by atoms with van der Waals surface area (Å²) in [6.45, 7) is 6.33. The van der Waals surface area contributed by atoms with Crippen molar-refractivity contribution in [1.82, 2.24) is 10.2 Å². The number of thioether (sulfide) groups is 1. The molecule has 1 aliphatic rings. The van der Waals surface area contributed by atoms with Gasteiger partial charge in [0.15, 0.2) is 0 Å². The van der Waals surface area contributed by atoms with Gasteiger partial charge in [0.2, 0.25) is 0 Å². The molecular weight excluding hydrogens is 259 g/mol. The average molecular weight is 282 g/mol. The summed E-state index contributed by atoms with van der Waals surface area (Å²) in [7, 11) is 0. The molecule has 1 aromatic carbocycles. The summed E-state index contributed by atoms with van der Waals surface area (Å²) >= 11 is 2.02. The Labute approximate surface area is 119 Å². The summed E-state index contributed by atoms with van der Waals surface area (Å²) in [4.78, 5) is 2.49. The zero-order valence-electron chi connectivity index (χ0n) is 11.6. The zero-order chi connectivity index (χ0) is 13.5. The number of benzene rings is 1. The number of nitrogens with zero attached hydrogens (tertiary/aromatic N) is 1. The molecule has 2 rings (SSSR count). The van der Waals surface area contributed by atoms with Crippen LogP contribution in [-0.2, 0) is 0 Å². The fraction of sp³-hybridized carbons (Fsp3) is 0.600. The van der Waals surface area contributed by atoms with E-state index in [2.05, 4.69) is 17.1 Å². The van der Waals surface area contributed by atoms with E-state index in [1.54, 1.807) is 12.1 Å². The molecule has 106 valence electrons. The number of nitrogens with one attached hydrogen (secondary N) is 1. The highest BCUT2D eigenvalue weighted by Gasteiger charge is 2.17. The van der Waals surface area contributed by atoms with E-state index in [-0.39, 0.29) is 11.9 Å². The van der Waals surface area contributed by atoms with E-state index in [1.807, 2.05) is 23.9 Å². The van der Waals surface area contributed by atoms with E-state index in [1.165, 1.54) is 24.6 Å². The molecule has 1 unspecified atom stereocenters. The van der Waals surface area contributed by atoms with E-state index >= 15 is 0 Å². The third kappa shape index (κ3) is 4.48. The molecule has 1 heterocycles. The van der Waals surface area contributed by atoms with Gasteiger partial charge in [-0.05, 0) is 19.0 Å². The van der Waals surface area contributed by atoms with Crippen molar-refractivity contribution in [1.29, 1.82) is 0 Å². The molecule has 0 spiro atoms. The fourth-order valence-corrected chi connectivity index (χ4v) is 3.49. The highest BCUT2D eigenvalue weighted by molar-refractivity contribution is 7.99. The largest absolute Gasteiger partial charge is 0.310 e. The van der Waals surface area contributed by atoms with Crippen LogP contribution >= 0.6 is 11.8 Å². The van der Waals surface area contributed by atoms with Crippen LogP contribution in [0, 0.1) is 5.82 Å². The van der Waals surface area contributed by atoms with Crippen LogP contribution < -0.4 is 5.32 Å². The Hall–Kier alpha value is -0.580. The third-order valence-electron chi connectivity index (χ3n) is 3.57. The quantitative estimate of drug-likeness (QED) is 0.863. The lowest BCUT2D eigenvalue weighted by atomic mass is 10.0. The number of rotatable bonds is 6. The second-order valence-corrected chi connectivity index (χ2v) is 6.10. The molecular formula is C15H23FN2S. The van der Waals surface area contributed by atoms with Gasteiger partial charge in [0.1, 0.15) is 5.82 Å². The van der Waals surface area contributed by atoms with Crippen molar-refractivity contribution >= 4 is 11.8 Å². The highest BCUT2D eigenvalue weighted by atomic mass is 32.2. The molecule has 1 aromatic rings. The van der Waals surface area contributed by atoms with Crippen molar-refractivity contribution in [3.8, 4) is 0 Å². The molecule has 4 heteroatoms. The van der Waals surface area contributed by atoms with E-state index in [0.717, 1.165) is 25.1 Å². The summed E-state index contributed by atoms with van der Waals surface area (Å²) in [5.41, 5.74) is 0.802. The van der Waals surface area contributed by atoms with E-state index in [4.69, 9.17) is 0 Å². The van der Waals surface area contributed by atoms with Crippen LogP contribution in [0.25, 0.3) is 0 Å². The normalized spacial score (nSPS) is 18.4. The van der Waals surface area contributed by atoms with Crippen LogP contribution in [0.2, 0.25) is 0 Å². The number of hydrogen-bond donors (Lipinski definition) is 1. The van der Waals surface area contributed by atoms with Crippen LogP contribution in [0.3, 0.4) is 0 Å². The Morgan fingerprint density at radius 3 is 2.74 bits per heavy atom. The maximum absolute atomic E-state index is 13.9. The molecule has 0 aliphatic carbocycles. The minimum atomic E-state index is -0.0948. The lowest BCUT2D eigenvalue weighted by Gasteiger charge is -2.28. The molecule has 19 heavy (non-hydrogen) atoms. The molecule has 0 saturated carbocycles. The lowest BCUT2D eigenvalue weighted by Crippen LogP contribution is -2.35. The van der Waals surface area contributed by atoms with Gasteiger partial charge in [-0.1, -0.05) is 25.1 Å². The first kappa shape index (κ1) is 14.8. The van der Waals surface area contributed by atoms with Gasteiger partial charge < -0.3 is 10.2 Å². The molecule has 0 bridgehead atoms. The first-order valence-electron chi connectivity index (χ1n) is 7.09. The Balaban J connectivity index is 1.94. The van der Waals surface area contributed by atoms with Gasteiger partial charge in [0.05, 0.1) is 0 Å². The minimum Gasteiger partial charge on any atom is -0.310 e. The van der Waals surface area contributed by atoms with Gasteiger partial charge in [-0.2, -0.15) is 11.8 Å². The molecule has 1 saturated heterocycles. The molecule has 1 fully saturated rings. The van der Waals surface area contributed by atoms with Crippen LogP contribution in [-0.4, -0.2) is 42.6 Å². The second kappa shape index (κ2) is 7.88. The highest BCUT2D eigenvalue weighted by Crippen LogP contribution is 2.21. The van der Waals surface area contributed by atoms with Crippen LogP contribution in [0.1, 0.15) is 24.9 Å². The molecule has 0 amide bonds. The topological polar surface area (TPSA) is 15.3 Å². The SMILES string of the molecule is CCNC(CCN1CCSCC1)c1ccccc1F. The van der Waals surface area contributed by atoms with Crippen LogP contribution in [0.5, 0.6) is 0 Å². The van der Waals surface area contributed by atoms with Gasteiger partial charge in [-0.15, -0.1) is 0 Å². The van der Waals surface area contributed by atoms with Crippen molar-refractivity contribution in [2.45, 2.75) is 19.4 Å². The third-order valence-corrected chi connectivity index (χ3v) is 4.51. The summed E-state index contributed by atoms with van der Waals surface area (Å²) in [5.74, 6) is 2.36. The summed E-state index contributed by atoms with van der Waals surface area (Å²) in [6.07, 6.45) is 0.972.